The Morgan fingerprint density at radius 1 is 1.04 bits per heavy atom. The molecule has 0 radical (unpaired) electrons. The maximum Gasteiger partial charge on any atom is 0.171 e. The summed E-state index contributed by atoms with van der Waals surface area (Å²) in [5.41, 5.74) is 2.76. The molecule has 3 aromatic rings. The Labute approximate surface area is 146 Å². The Hall–Kier alpha value is -1.97. The largest absolute Gasteiger partial charge is 0.490 e. The molecule has 0 spiro atoms. The Balaban J connectivity index is 2.18. The number of hydrogen-bond acceptors (Lipinski definition) is 5. The number of aromatic nitrogens is 1. The molecule has 0 saturated heterocycles. The molecule has 1 heterocycles. The summed E-state index contributed by atoms with van der Waals surface area (Å²) in [4.78, 5) is 4.72. The van der Waals surface area contributed by atoms with Gasteiger partial charge in [0, 0.05) is 5.56 Å². The van der Waals surface area contributed by atoms with Gasteiger partial charge < -0.3 is 9.47 Å². The van der Waals surface area contributed by atoms with Crippen molar-refractivity contribution in [3.63, 3.8) is 0 Å². The maximum absolute atomic E-state index is 11.1. The summed E-state index contributed by atoms with van der Waals surface area (Å²) >= 11 is 1.63. The molecule has 0 saturated carbocycles. The van der Waals surface area contributed by atoms with Crippen LogP contribution in [0.15, 0.2) is 36.4 Å². The number of para-hydroxylation sites is 1. The minimum atomic E-state index is 0.0598. The highest BCUT2D eigenvalue weighted by Crippen LogP contribution is 2.44. The fourth-order valence-electron chi connectivity index (χ4n) is 2.54. The topological polar surface area (TPSA) is 48.4 Å². The minimum Gasteiger partial charge on any atom is -0.490 e. The summed E-state index contributed by atoms with van der Waals surface area (Å²) in [5.74, 6) is 1.35. The molecule has 24 heavy (non-hydrogen) atoms. The first-order chi connectivity index (χ1) is 11.8. The second-order valence-corrected chi connectivity index (χ2v) is 6.68. The monoisotopic (exact) mass is 359 g/mol. The van der Waals surface area contributed by atoms with E-state index in [2.05, 4.69) is 6.07 Å². The third-order valence-corrected chi connectivity index (χ3v) is 5.07. The molecule has 124 valence electrons. The van der Waals surface area contributed by atoms with Gasteiger partial charge in [0.15, 0.2) is 20.0 Å². The number of hydrogen-bond donors (Lipinski definition) is 0. The van der Waals surface area contributed by atoms with E-state index in [0.29, 0.717) is 30.9 Å². The third kappa shape index (κ3) is 3.28. The van der Waals surface area contributed by atoms with Gasteiger partial charge in [-0.3, -0.25) is 4.57 Å². The van der Waals surface area contributed by atoms with E-state index in [1.807, 2.05) is 44.2 Å². The van der Waals surface area contributed by atoms with Crippen LogP contribution in [0.3, 0.4) is 0 Å². The van der Waals surface area contributed by atoms with Crippen molar-refractivity contribution >= 4 is 30.0 Å². The standard InChI is InChI=1S/C18H18NO3PS/c1-3-21-16-12(11-23-20)9-10-13(17(16)22-4-2)18-19-14-7-5-6-8-15(14)24-18/h5-10H,3-4,11H2,1-2H3. The molecular formula is C18H18NO3PS. The van der Waals surface area contributed by atoms with E-state index in [1.54, 1.807) is 11.3 Å². The zero-order chi connectivity index (χ0) is 16.9. The lowest BCUT2D eigenvalue weighted by molar-refractivity contribution is 0.287. The van der Waals surface area contributed by atoms with Gasteiger partial charge in [-0.05, 0) is 32.0 Å². The summed E-state index contributed by atoms with van der Waals surface area (Å²) < 4.78 is 23.9. The summed E-state index contributed by atoms with van der Waals surface area (Å²) in [7, 11) is 0.0598. The van der Waals surface area contributed by atoms with Crippen molar-refractivity contribution in [1.29, 1.82) is 0 Å². The average molecular weight is 359 g/mol. The Morgan fingerprint density at radius 2 is 1.79 bits per heavy atom. The SMILES string of the molecule is CCOc1c(CP=O)ccc(-c2nc3ccccc3s2)c1OCC. The molecule has 0 aliphatic carbocycles. The van der Waals surface area contributed by atoms with E-state index >= 15 is 0 Å². The first-order valence-electron chi connectivity index (χ1n) is 7.85. The van der Waals surface area contributed by atoms with E-state index in [-0.39, 0.29) is 8.46 Å². The minimum absolute atomic E-state index is 0.0598. The van der Waals surface area contributed by atoms with Crippen molar-refractivity contribution < 1.29 is 14.0 Å². The number of fused-ring (bicyclic) bond motifs is 1. The van der Waals surface area contributed by atoms with Gasteiger partial charge in [-0.15, -0.1) is 11.3 Å². The van der Waals surface area contributed by atoms with E-state index < -0.39 is 0 Å². The highest BCUT2D eigenvalue weighted by Gasteiger charge is 2.19. The molecule has 0 amide bonds. The number of nitrogens with zero attached hydrogens (tertiary/aromatic N) is 1. The molecule has 0 atom stereocenters. The molecule has 4 nitrogen and oxygen atoms in total. The van der Waals surface area contributed by atoms with Gasteiger partial charge >= 0.3 is 0 Å². The zero-order valence-corrected chi connectivity index (χ0v) is 15.3. The van der Waals surface area contributed by atoms with Crippen molar-refractivity contribution in [2.45, 2.75) is 20.0 Å². The normalized spacial score (nSPS) is 11.1. The molecule has 0 N–H and O–H groups in total. The van der Waals surface area contributed by atoms with Crippen molar-refractivity contribution in [1.82, 2.24) is 4.98 Å². The number of thiazole rings is 1. The number of ether oxygens (including phenoxy) is 2. The first kappa shape index (κ1) is 16.9. The first-order valence-corrected chi connectivity index (χ1v) is 9.66. The van der Waals surface area contributed by atoms with Gasteiger partial charge in [0.2, 0.25) is 0 Å². The van der Waals surface area contributed by atoms with Gasteiger partial charge in [-0.2, -0.15) is 0 Å². The molecular weight excluding hydrogens is 341 g/mol. The van der Waals surface area contributed by atoms with Gasteiger partial charge in [0.05, 0.1) is 35.2 Å². The molecule has 0 aliphatic rings. The summed E-state index contributed by atoms with van der Waals surface area (Å²) in [6.45, 7) is 4.91. The van der Waals surface area contributed by atoms with Gasteiger partial charge in [0.1, 0.15) is 5.01 Å². The van der Waals surface area contributed by atoms with Crippen LogP contribution >= 0.6 is 19.8 Å². The van der Waals surface area contributed by atoms with Crippen LogP contribution in [0, 0.1) is 0 Å². The van der Waals surface area contributed by atoms with E-state index in [0.717, 1.165) is 26.4 Å². The maximum atomic E-state index is 11.1. The number of benzene rings is 2. The Kier molecular flexibility index (Phi) is 5.44. The van der Waals surface area contributed by atoms with Crippen LogP contribution in [0.5, 0.6) is 11.5 Å². The molecule has 6 heteroatoms. The van der Waals surface area contributed by atoms with E-state index in [9.17, 15) is 4.57 Å². The molecule has 1 aromatic heterocycles. The average Bonchev–Trinajstić information content (AvgIpc) is 3.02. The van der Waals surface area contributed by atoms with Gasteiger partial charge in [-0.25, -0.2) is 4.98 Å². The predicted molar refractivity (Wildman–Crippen MR) is 98.7 cm³/mol. The Morgan fingerprint density at radius 3 is 2.50 bits per heavy atom. The van der Waals surface area contributed by atoms with Crippen LogP contribution in [0.4, 0.5) is 0 Å². The van der Waals surface area contributed by atoms with Crippen molar-refractivity contribution in [2.24, 2.45) is 0 Å². The molecule has 0 aliphatic heterocycles. The van der Waals surface area contributed by atoms with Crippen LogP contribution in [0.25, 0.3) is 20.8 Å². The third-order valence-electron chi connectivity index (χ3n) is 3.53. The zero-order valence-electron chi connectivity index (χ0n) is 13.6. The lowest BCUT2D eigenvalue weighted by atomic mass is 10.1. The molecule has 0 fully saturated rings. The highest BCUT2D eigenvalue weighted by atomic mass is 32.1. The van der Waals surface area contributed by atoms with Crippen LogP contribution in [0.2, 0.25) is 0 Å². The summed E-state index contributed by atoms with van der Waals surface area (Å²) in [5, 5.41) is 0.895. The number of rotatable bonds is 7. The van der Waals surface area contributed by atoms with Crippen LogP contribution < -0.4 is 9.47 Å². The Bertz CT molecular complexity index is 830. The second kappa shape index (κ2) is 7.73. The molecule has 0 bridgehead atoms. The smallest absolute Gasteiger partial charge is 0.171 e. The van der Waals surface area contributed by atoms with Crippen LogP contribution in [-0.4, -0.2) is 18.2 Å². The fourth-order valence-corrected chi connectivity index (χ4v) is 3.92. The fraction of sp³-hybridized carbons (Fsp3) is 0.278. The predicted octanol–water partition coefficient (Wildman–Crippen LogP) is 5.55. The lowest BCUT2D eigenvalue weighted by Crippen LogP contribution is -2.02. The van der Waals surface area contributed by atoms with Crippen molar-refractivity contribution in [3.8, 4) is 22.1 Å². The van der Waals surface area contributed by atoms with Crippen LogP contribution in [0.1, 0.15) is 19.4 Å². The summed E-state index contributed by atoms with van der Waals surface area (Å²) in [6, 6.07) is 12.0. The van der Waals surface area contributed by atoms with E-state index in [4.69, 9.17) is 14.5 Å². The summed E-state index contributed by atoms with van der Waals surface area (Å²) in [6.07, 6.45) is 0.398. The van der Waals surface area contributed by atoms with Crippen LogP contribution in [-0.2, 0) is 10.7 Å². The lowest BCUT2D eigenvalue weighted by Gasteiger charge is -2.16. The quantitative estimate of drug-likeness (QED) is 0.519. The van der Waals surface area contributed by atoms with E-state index in [1.165, 1.54) is 0 Å². The van der Waals surface area contributed by atoms with Crippen molar-refractivity contribution in [2.75, 3.05) is 13.2 Å². The molecule has 0 unspecified atom stereocenters. The molecule has 2 aromatic carbocycles. The van der Waals surface area contributed by atoms with Gasteiger partial charge in [0.25, 0.3) is 0 Å². The molecule has 3 rings (SSSR count). The van der Waals surface area contributed by atoms with Gasteiger partial charge in [-0.1, -0.05) is 18.2 Å². The second-order valence-electron chi connectivity index (χ2n) is 5.07. The van der Waals surface area contributed by atoms with Crippen molar-refractivity contribution in [3.05, 3.63) is 42.0 Å². The highest BCUT2D eigenvalue weighted by molar-refractivity contribution is 7.22.